The number of hydrogen-bond donors (Lipinski definition) is 2. The van der Waals surface area contributed by atoms with Crippen LogP contribution in [0, 0.1) is 11.3 Å². The first-order valence-corrected chi connectivity index (χ1v) is 8.51. The monoisotopic (exact) mass is 342 g/mol. The van der Waals surface area contributed by atoms with Gasteiger partial charge >= 0.3 is 12.1 Å². The van der Waals surface area contributed by atoms with E-state index in [0.717, 1.165) is 5.01 Å². The highest BCUT2D eigenvalue weighted by Gasteiger charge is 2.40. The van der Waals surface area contributed by atoms with Crippen molar-refractivity contribution in [3.8, 4) is 0 Å². The second kappa shape index (κ2) is 7.77. The minimum atomic E-state index is -1.09. The molecule has 0 bridgehead atoms. The van der Waals surface area contributed by atoms with E-state index in [-0.39, 0.29) is 18.9 Å². The maximum absolute atomic E-state index is 12.0. The number of rotatable bonds is 7. The van der Waals surface area contributed by atoms with E-state index in [1.165, 1.54) is 11.3 Å². The quantitative estimate of drug-likeness (QED) is 0.793. The van der Waals surface area contributed by atoms with Crippen LogP contribution in [0.15, 0.2) is 11.6 Å². The molecule has 1 aromatic heterocycles. The van der Waals surface area contributed by atoms with Crippen LogP contribution in [0.2, 0.25) is 0 Å². The molecule has 1 aromatic rings. The van der Waals surface area contributed by atoms with E-state index in [9.17, 15) is 14.7 Å². The molecule has 1 unspecified atom stereocenters. The van der Waals surface area contributed by atoms with Crippen LogP contribution in [-0.2, 0) is 16.0 Å². The highest BCUT2D eigenvalue weighted by molar-refractivity contribution is 7.09. The van der Waals surface area contributed by atoms with E-state index in [1.807, 2.05) is 19.2 Å². The van der Waals surface area contributed by atoms with Crippen LogP contribution in [-0.4, -0.2) is 34.3 Å². The Bertz CT molecular complexity index is 523. The number of aliphatic carboxylic acids is 1. The van der Waals surface area contributed by atoms with Gasteiger partial charge in [0.1, 0.15) is 5.60 Å². The Hall–Kier alpha value is -1.63. The summed E-state index contributed by atoms with van der Waals surface area (Å²) in [6.07, 6.45) is 1.78. The fourth-order valence-corrected chi connectivity index (χ4v) is 3.17. The van der Waals surface area contributed by atoms with E-state index in [0.29, 0.717) is 6.42 Å². The van der Waals surface area contributed by atoms with Crippen molar-refractivity contribution in [1.29, 1.82) is 0 Å². The lowest BCUT2D eigenvalue weighted by Gasteiger charge is -2.31. The predicted molar refractivity (Wildman–Crippen MR) is 89.6 cm³/mol. The van der Waals surface area contributed by atoms with Crippen LogP contribution in [0.4, 0.5) is 4.79 Å². The molecule has 7 heteroatoms. The van der Waals surface area contributed by atoms with Gasteiger partial charge in [-0.3, -0.25) is 4.79 Å². The molecule has 0 radical (unpaired) electrons. The minimum absolute atomic E-state index is 0.00894. The van der Waals surface area contributed by atoms with Gasteiger partial charge in [0.15, 0.2) is 0 Å². The molecular formula is C16H26N2O4S. The van der Waals surface area contributed by atoms with Crippen molar-refractivity contribution in [2.24, 2.45) is 11.3 Å². The lowest BCUT2D eigenvalue weighted by molar-refractivity contribution is -0.149. The van der Waals surface area contributed by atoms with Crippen molar-refractivity contribution in [3.63, 3.8) is 0 Å². The van der Waals surface area contributed by atoms with Gasteiger partial charge in [-0.25, -0.2) is 9.78 Å². The lowest BCUT2D eigenvalue weighted by Crippen LogP contribution is -2.46. The Morgan fingerprint density at radius 3 is 2.48 bits per heavy atom. The number of ether oxygens (including phenoxy) is 1. The summed E-state index contributed by atoms with van der Waals surface area (Å²) >= 11 is 1.42. The number of nitrogens with one attached hydrogen (secondary N) is 1. The van der Waals surface area contributed by atoms with Crippen LogP contribution >= 0.6 is 11.3 Å². The summed E-state index contributed by atoms with van der Waals surface area (Å²) in [7, 11) is 0. The van der Waals surface area contributed by atoms with Gasteiger partial charge in [0.2, 0.25) is 0 Å². The maximum atomic E-state index is 12.0. The number of carbonyl (C=O) groups excluding carboxylic acids is 1. The molecule has 1 heterocycles. The normalized spacial score (nSPS) is 14.3. The fraction of sp³-hybridized carbons (Fsp3) is 0.688. The number of carbonyl (C=O) groups is 2. The summed E-state index contributed by atoms with van der Waals surface area (Å²) in [5.74, 6) is -0.760. The Labute approximate surface area is 141 Å². The van der Waals surface area contributed by atoms with Gasteiger partial charge in [0.25, 0.3) is 0 Å². The topological polar surface area (TPSA) is 88.5 Å². The molecule has 2 N–H and O–H groups in total. The standard InChI is InChI=1S/C16H26N2O4S/c1-11(2)8-16(13(19)20,9-12-17-6-7-23-12)10-18-14(21)22-15(3,4)5/h6-7,11H,8-10H2,1-5H3,(H,18,21)(H,19,20). The van der Waals surface area contributed by atoms with Crippen LogP contribution in [0.1, 0.15) is 46.0 Å². The highest BCUT2D eigenvalue weighted by Crippen LogP contribution is 2.32. The van der Waals surface area contributed by atoms with Crippen molar-refractivity contribution < 1.29 is 19.4 Å². The number of thiazole rings is 1. The summed E-state index contributed by atoms with van der Waals surface area (Å²) in [6, 6.07) is 0. The second-order valence-electron chi connectivity index (χ2n) is 7.14. The first-order chi connectivity index (χ1) is 10.5. The van der Waals surface area contributed by atoms with Crippen molar-refractivity contribution in [3.05, 3.63) is 16.6 Å². The number of nitrogens with zero attached hydrogens (tertiary/aromatic N) is 1. The van der Waals surface area contributed by atoms with Gasteiger partial charge in [-0.05, 0) is 33.1 Å². The van der Waals surface area contributed by atoms with Gasteiger partial charge in [0.05, 0.1) is 10.4 Å². The Kier molecular flexibility index (Phi) is 6.56. The van der Waals surface area contributed by atoms with Crippen LogP contribution < -0.4 is 5.32 Å². The van der Waals surface area contributed by atoms with Crippen LogP contribution in [0.3, 0.4) is 0 Å². The van der Waals surface area contributed by atoms with E-state index >= 15 is 0 Å². The zero-order valence-corrected chi connectivity index (χ0v) is 15.2. The van der Waals surface area contributed by atoms with Crippen LogP contribution in [0.5, 0.6) is 0 Å². The Morgan fingerprint density at radius 2 is 2.04 bits per heavy atom. The highest BCUT2D eigenvalue weighted by atomic mass is 32.1. The molecule has 0 spiro atoms. The molecule has 0 aliphatic rings. The van der Waals surface area contributed by atoms with Crippen molar-refractivity contribution in [2.75, 3.05) is 6.54 Å². The number of hydrogen-bond acceptors (Lipinski definition) is 5. The number of aromatic nitrogens is 1. The summed E-state index contributed by atoms with van der Waals surface area (Å²) in [4.78, 5) is 28.0. The molecule has 0 aliphatic carbocycles. The lowest BCUT2D eigenvalue weighted by atomic mass is 9.77. The van der Waals surface area contributed by atoms with E-state index in [1.54, 1.807) is 27.0 Å². The average molecular weight is 342 g/mol. The minimum Gasteiger partial charge on any atom is -0.481 e. The molecule has 6 nitrogen and oxygen atoms in total. The molecule has 0 saturated carbocycles. The molecule has 0 aromatic carbocycles. The zero-order chi connectivity index (χ0) is 17.7. The fourth-order valence-electron chi connectivity index (χ4n) is 2.41. The third-order valence-electron chi connectivity index (χ3n) is 3.20. The first-order valence-electron chi connectivity index (χ1n) is 7.63. The molecule has 1 atom stereocenters. The summed E-state index contributed by atoms with van der Waals surface area (Å²) in [5.41, 5.74) is -1.72. The first kappa shape index (κ1) is 19.4. The Balaban J connectivity index is 2.89. The number of carboxylic acid groups (broad SMARTS) is 1. The third kappa shape index (κ3) is 6.56. The average Bonchev–Trinajstić information content (AvgIpc) is 2.85. The van der Waals surface area contributed by atoms with Gasteiger partial charge in [-0.2, -0.15) is 0 Å². The maximum Gasteiger partial charge on any atom is 0.407 e. The van der Waals surface area contributed by atoms with Gasteiger partial charge in [0, 0.05) is 24.5 Å². The molecule has 1 rings (SSSR count). The molecule has 0 fully saturated rings. The largest absolute Gasteiger partial charge is 0.481 e. The number of amides is 1. The summed E-state index contributed by atoms with van der Waals surface area (Å²) in [6.45, 7) is 9.23. The summed E-state index contributed by atoms with van der Waals surface area (Å²) < 4.78 is 5.20. The smallest absolute Gasteiger partial charge is 0.407 e. The molecule has 1 amide bonds. The third-order valence-corrected chi connectivity index (χ3v) is 3.98. The molecular weight excluding hydrogens is 316 g/mol. The van der Waals surface area contributed by atoms with Crippen molar-refractivity contribution in [1.82, 2.24) is 10.3 Å². The summed E-state index contributed by atoms with van der Waals surface area (Å²) in [5, 5.41) is 15.0. The number of alkyl carbamates (subject to hydrolysis) is 1. The molecule has 0 saturated heterocycles. The molecule has 130 valence electrons. The van der Waals surface area contributed by atoms with E-state index in [4.69, 9.17) is 4.74 Å². The SMILES string of the molecule is CC(C)CC(CNC(=O)OC(C)(C)C)(Cc1nccs1)C(=O)O. The Morgan fingerprint density at radius 1 is 1.39 bits per heavy atom. The van der Waals surface area contributed by atoms with Gasteiger partial charge < -0.3 is 15.2 Å². The molecule has 23 heavy (non-hydrogen) atoms. The van der Waals surface area contributed by atoms with Crippen molar-refractivity contribution in [2.45, 2.75) is 53.1 Å². The van der Waals surface area contributed by atoms with Crippen LogP contribution in [0.25, 0.3) is 0 Å². The van der Waals surface area contributed by atoms with Crippen molar-refractivity contribution >= 4 is 23.4 Å². The van der Waals surface area contributed by atoms with E-state index in [2.05, 4.69) is 10.3 Å². The molecule has 0 aliphatic heterocycles. The van der Waals surface area contributed by atoms with Gasteiger partial charge in [-0.1, -0.05) is 13.8 Å². The predicted octanol–water partition coefficient (Wildman–Crippen LogP) is 3.33. The van der Waals surface area contributed by atoms with Gasteiger partial charge in [-0.15, -0.1) is 11.3 Å². The number of carboxylic acids is 1. The zero-order valence-electron chi connectivity index (χ0n) is 14.4. The van der Waals surface area contributed by atoms with E-state index < -0.39 is 23.1 Å². The second-order valence-corrected chi connectivity index (χ2v) is 8.12.